The number of nitrogens with one attached hydrogen (secondary N) is 2. The molecular weight excluding hydrogens is 367 g/mol. The van der Waals surface area contributed by atoms with Gasteiger partial charge in [-0.15, -0.1) is 0 Å². The van der Waals surface area contributed by atoms with Crippen LogP contribution in [0.5, 0.6) is 0 Å². The van der Waals surface area contributed by atoms with E-state index in [9.17, 15) is 9.18 Å². The highest BCUT2D eigenvalue weighted by atomic mass is 35.5. The van der Waals surface area contributed by atoms with Gasteiger partial charge in [-0.05, 0) is 49.7 Å². The van der Waals surface area contributed by atoms with Crippen molar-refractivity contribution in [3.8, 4) is 0 Å². The number of aryl methyl sites for hydroxylation is 2. The van der Waals surface area contributed by atoms with Crippen LogP contribution in [0, 0.1) is 12.7 Å². The molecule has 140 valence electrons. The fourth-order valence-electron chi connectivity index (χ4n) is 3.69. The number of pyridine rings is 2. The minimum absolute atomic E-state index is 0.172. The molecule has 1 saturated heterocycles. The first-order valence-corrected chi connectivity index (χ1v) is 9.19. The van der Waals surface area contributed by atoms with Gasteiger partial charge in [-0.25, -0.2) is 9.37 Å². The van der Waals surface area contributed by atoms with E-state index in [0.29, 0.717) is 34.9 Å². The number of benzene rings is 1. The first kappa shape index (κ1) is 17.9. The Kier molecular flexibility index (Phi) is 4.40. The fraction of sp³-hybridized carbons (Fsp3) is 0.300. The molecule has 3 heterocycles. The molecule has 3 aromatic rings. The average molecular weight is 387 g/mol. The van der Waals surface area contributed by atoms with E-state index in [0.717, 1.165) is 17.5 Å². The topological polar surface area (TPSA) is 59.0 Å². The number of hydrogen-bond acceptors (Lipinski definition) is 4. The van der Waals surface area contributed by atoms with Crippen LogP contribution >= 0.6 is 11.6 Å². The van der Waals surface area contributed by atoms with E-state index in [1.54, 1.807) is 19.3 Å². The van der Waals surface area contributed by atoms with Crippen LogP contribution < -0.4 is 16.2 Å². The van der Waals surface area contributed by atoms with Crippen LogP contribution in [-0.4, -0.2) is 22.6 Å². The standard InChI is InChI=1S/C20H20ClFN4O/c1-12-3-5-14(22)16(17(12)21)20(8-9-23-11-20)25-15-6-4-13-7-10-26(2)19(27)18(13)24-15/h3-7,10,23H,8-9,11H2,1-2H3,(H,24,25)/t20-/m0/s1. The summed E-state index contributed by atoms with van der Waals surface area (Å²) in [6, 6.07) is 8.62. The molecule has 1 aliphatic rings. The third kappa shape index (κ3) is 2.99. The largest absolute Gasteiger partial charge is 0.359 e. The predicted molar refractivity (Wildman–Crippen MR) is 106 cm³/mol. The molecule has 0 unspecified atom stereocenters. The second-order valence-corrected chi connectivity index (χ2v) is 7.43. The Labute approximate surface area is 161 Å². The molecular formula is C20H20ClFN4O. The van der Waals surface area contributed by atoms with Gasteiger partial charge in [0.1, 0.15) is 17.2 Å². The Morgan fingerprint density at radius 3 is 2.85 bits per heavy atom. The van der Waals surface area contributed by atoms with Crippen LogP contribution in [0.25, 0.3) is 10.9 Å². The third-order valence-corrected chi connectivity index (χ3v) is 5.70. The van der Waals surface area contributed by atoms with Gasteiger partial charge in [0.05, 0.1) is 10.6 Å². The highest BCUT2D eigenvalue weighted by molar-refractivity contribution is 6.32. The summed E-state index contributed by atoms with van der Waals surface area (Å²) < 4.78 is 16.3. The molecule has 0 amide bonds. The van der Waals surface area contributed by atoms with Gasteiger partial charge in [-0.3, -0.25) is 4.79 Å². The summed E-state index contributed by atoms with van der Waals surface area (Å²) in [7, 11) is 1.69. The molecule has 2 aromatic heterocycles. The lowest BCUT2D eigenvalue weighted by molar-refractivity contribution is 0.494. The zero-order valence-electron chi connectivity index (χ0n) is 15.1. The summed E-state index contributed by atoms with van der Waals surface area (Å²) in [5.74, 6) is 0.171. The number of hydrogen-bond donors (Lipinski definition) is 2. The average Bonchev–Trinajstić information content (AvgIpc) is 3.11. The zero-order valence-corrected chi connectivity index (χ0v) is 15.9. The van der Waals surface area contributed by atoms with Crippen molar-refractivity contribution in [2.75, 3.05) is 18.4 Å². The molecule has 0 radical (unpaired) electrons. The van der Waals surface area contributed by atoms with Gasteiger partial charge in [-0.2, -0.15) is 0 Å². The van der Waals surface area contributed by atoms with Crippen LogP contribution in [0.2, 0.25) is 5.02 Å². The van der Waals surface area contributed by atoms with Gasteiger partial charge in [0.25, 0.3) is 5.56 Å². The first-order valence-electron chi connectivity index (χ1n) is 8.82. The molecule has 1 atom stereocenters. The van der Waals surface area contributed by atoms with Crippen molar-refractivity contribution in [3.05, 3.63) is 68.8 Å². The second-order valence-electron chi connectivity index (χ2n) is 7.05. The van der Waals surface area contributed by atoms with Gasteiger partial charge in [-0.1, -0.05) is 17.7 Å². The SMILES string of the molecule is Cc1ccc(F)c([C@]2(Nc3ccc4ccn(C)c(=O)c4n3)CCNC2)c1Cl. The quantitative estimate of drug-likeness (QED) is 0.725. The Hall–Kier alpha value is -2.44. The van der Waals surface area contributed by atoms with Crippen LogP contribution in [0.4, 0.5) is 10.2 Å². The predicted octanol–water partition coefficient (Wildman–Crippen LogP) is 3.34. The van der Waals surface area contributed by atoms with Crippen molar-refractivity contribution in [2.45, 2.75) is 18.9 Å². The van der Waals surface area contributed by atoms with Crippen LogP contribution in [0.15, 0.2) is 41.3 Å². The Balaban J connectivity index is 1.84. The Morgan fingerprint density at radius 1 is 1.30 bits per heavy atom. The lowest BCUT2D eigenvalue weighted by Gasteiger charge is -2.32. The third-order valence-electron chi connectivity index (χ3n) is 5.21. The summed E-state index contributed by atoms with van der Waals surface area (Å²) in [6.45, 7) is 3.10. The Morgan fingerprint density at radius 2 is 2.11 bits per heavy atom. The van der Waals surface area contributed by atoms with Crippen molar-refractivity contribution in [1.82, 2.24) is 14.9 Å². The molecule has 2 N–H and O–H groups in total. The summed E-state index contributed by atoms with van der Waals surface area (Å²) in [4.78, 5) is 16.9. The summed E-state index contributed by atoms with van der Waals surface area (Å²) in [5.41, 5.74) is 0.739. The highest BCUT2D eigenvalue weighted by Gasteiger charge is 2.40. The summed E-state index contributed by atoms with van der Waals surface area (Å²) in [5, 5.41) is 7.84. The van der Waals surface area contributed by atoms with Gasteiger partial charge in [0, 0.05) is 30.7 Å². The van der Waals surface area contributed by atoms with Crippen molar-refractivity contribution >= 4 is 28.3 Å². The molecule has 1 aromatic carbocycles. The maximum absolute atomic E-state index is 14.8. The second kappa shape index (κ2) is 6.62. The molecule has 5 nitrogen and oxygen atoms in total. The Bertz CT molecular complexity index is 1090. The number of nitrogens with zero attached hydrogens (tertiary/aromatic N) is 2. The van der Waals surface area contributed by atoms with Crippen molar-refractivity contribution in [1.29, 1.82) is 0 Å². The van der Waals surface area contributed by atoms with E-state index >= 15 is 0 Å². The zero-order chi connectivity index (χ0) is 19.2. The van der Waals surface area contributed by atoms with E-state index in [1.807, 2.05) is 25.1 Å². The van der Waals surface area contributed by atoms with Gasteiger partial charge >= 0.3 is 0 Å². The lowest BCUT2D eigenvalue weighted by atomic mass is 9.87. The first-order chi connectivity index (χ1) is 12.9. The van der Waals surface area contributed by atoms with Gasteiger partial charge in [0.2, 0.25) is 0 Å². The van der Waals surface area contributed by atoms with E-state index in [-0.39, 0.29) is 11.4 Å². The smallest absolute Gasteiger partial charge is 0.276 e. The maximum Gasteiger partial charge on any atom is 0.276 e. The lowest BCUT2D eigenvalue weighted by Crippen LogP contribution is -2.39. The van der Waals surface area contributed by atoms with Crippen molar-refractivity contribution in [2.24, 2.45) is 7.05 Å². The molecule has 0 saturated carbocycles. The maximum atomic E-state index is 14.8. The molecule has 4 rings (SSSR count). The summed E-state index contributed by atoms with van der Waals surface area (Å²) in [6.07, 6.45) is 2.36. The van der Waals surface area contributed by atoms with Crippen LogP contribution in [-0.2, 0) is 12.6 Å². The van der Waals surface area contributed by atoms with E-state index in [2.05, 4.69) is 15.6 Å². The van der Waals surface area contributed by atoms with Crippen LogP contribution in [0.3, 0.4) is 0 Å². The molecule has 1 aliphatic heterocycles. The van der Waals surface area contributed by atoms with Gasteiger partial charge < -0.3 is 15.2 Å². The van der Waals surface area contributed by atoms with E-state index < -0.39 is 5.54 Å². The van der Waals surface area contributed by atoms with Crippen molar-refractivity contribution in [3.63, 3.8) is 0 Å². The number of fused-ring (bicyclic) bond motifs is 1. The molecule has 0 bridgehead atoms. The number of halogens is 2. The minimum atomic E-state index is -0.728. The molecule has 1 fully saturated rings. The fourth-order valence-corrected chi connectivity index (χ4v) is 4.02. The molecule has 27 heavy (non-hydrogen) atoms. The van der Waals surface area contributed by atoms with E-state index in [1.165, 1.54) is 10.6 Å². The normalized spacial score (nSPS) is 19.6. The van der Waals surface area contributed by atoms with Crippen LogP contribution in [0.1, 0.15) is 17.5 Å². The number of rotatable bonds is 3. The van der Waals surface area contributed by atoms with E-state index in [4.69, 9.17) is 11.6 Å². The molecule has 7 heteroatoms. The minimum Gasteiger partial charge on any atom is -0.359 e. The molecule has 0 aliphatic carbocycles. The van der Waals surface area contributed by atoms with Gasteiger partial charge in [0.15, 0.2) is 0 Å². The molecule has 0 spiro atoms. The highest BCUT2D eigenvalue weighted by Crippen LogP contribution is 2.39. The monoisotopic (exact) mass is 386 g/mol. The summed E-state index contributed by atoms with van der Waals surface area (Å²) >= 11 is 6.49. The number of anilines is 1. The number of aromatic nitrogens is 2. The van der Waals surface area contributed by atoms with Crippen molar-refractivity contribution < 1.29 is 4.39 Å².